The highest BCUT2D eigenvalue weighted by molar-refractivity contribution is 5.79. The molecule has 1 aliphatic rings. The topological polar surface area (TPSA) is 43.2 Å². The Hall–Kier alpha value is -1.62. The zero-order valence-corrected chi connectivity index (χ0v) is 11.6. The molecule has 1 aliphatic heterocycles. The summed E-state index contributed by atoms with van der Waals surface area (Å²) in [5.41, 5.74) is 3.20. The highest BCUT2D eigenvalue weighted by atomic mass is 16.5. The fourth-order valence-corrected chi connectivity index (χ4v) is 2.57. The molecule has 0 aliphatic carbocycles. The van der Waals surface area contributed by atoms with Crippen LogP contribution in [0.4, 0.5) is 0 Å². The fraction of sp³-hybridized carbons (Fsp3) is 0.571. The van der Waals surface area contributed by atoms with E-state index in [1.807, 2.05) is 0 Å². The molecule has 19 heavy (non-hydrogen) atoms. The summed E-state index contributed by atoms with van der Waals surface area (Å²) < 4.78 is 8.14. The van der Waals surface area contributed by atoms with Crippen LogP contribution < -0.4 is 4.74 Å². The number of hydrogen-bond acceptors (Lipinski definition) is 4. The van der Waals surface area contributed by atoms with Gasteiger partial charge in [-0.2, -0.15) is 0 Å². The van der Waals surface area contributed by atoms with Crippen molar-refractivity contribution in [1.29, 1.82) is 0 Å². The Morgan fingerprint density at radius 2 is 2.11 bits per heavy atom. The van der Waals surface area contributed by atoms with Gasteiger partial charge in [0, 0.05) is 31.0 Å². The summed E-state index contributed by atoms with van der Waals surface area (Å²) in [5.74, 6) is 0.987. The van der Waals surface area contributed by atoms with E-state index in [1.54, 1.807) is 12.4 Å². The molecule has 0 spiro atoms. The van der Waals surface area contributed by atoms with E-state index in [4.69, 9.17) is 4.74 Å². The Balaban J connectivity index is 2.09. The standard InChI is InChI=1S/C14H20N4O/c1-17(2)8-9-18-13-12(15-6-7-16-13)11-5-3-4-10-19-14(11)18/h6-7H,3-5,8-10H2,1-2H3. The molecule has 0 amide bonds. The Labute approximate surface area is 113 Å². The van der Waals surface area contributed by atoms with Crippen molar-refractivity contribution in [3.05, 3.63) is 18.0 Å². The van der Waals surface area contributed by atoms with Gasteiger partial charge in [0.1, 0.15) is 5.52 Å². The van der Waals surface area contributed by atoms with Gasteiger partial charge in [-0.3, -0.25) is 9.55 Å². The van der Waals surface area contributed by atoms with Crippen molar-refractivity contribution in [1.82, 2.24) is 19.4 Å². The molecule has 0 saturated heterocycles. The lowest BCUT2D eigenvalue weighted by Gasteiger charge is -2.14. The second-order valence-corrected chi connectivity index (χ2v) is 5.27. The molecule has 0 aromatic carbocycles. The molecule has 5 nitrogen and oxygen atoms in total. The molecule has 2 aromatic heterocycles. The van der Waals surface area contributed by atoms with E-state index in [-0.39, 0.29) is 0 Å². The minimum absolute atomic E-state index is 0.797. The third-order valence-electron chi connectivity index (χ3n) is 3.55. The van der Waals surface area contributed by atoms with Crippen LogP contribution in [0.15, 0.2) is 12.4 Å². The minimum atomic E-state index is 0.797. The maximum absolute atomic E-state index is 5.96. The molecule has 0 atom stereocenters. The first-order valence-electron chi connectivity index (χ1n) is 6.87. The Kier molecular flexibility index (Phi) is 3.38. The summed E-state index contributed by atoms with van der Waals surface area (Å²) in [7, 11) is 4.16. The van der Waals surface area contributed by atoms with Crippen LogP contribution in [0.1, 0.15) is 18.4 Å². The average Bonchev–Trinajstić information content (AvgIpc) is 2.56. The summed E-state index contributed by atoms with van der Waals surface area (Å²) in [6.07, 6.45) is 6.84. The second-order valence-electron chi connectivity index (χ2n) is 5.27. The molecular formula is C14H20N4O. The molecule has 3 rings (SSSR count). The Morgan fingerprint density at radius 3 is 2.95 bits per heavy atom. The number of fused-ring (bicyclic) bond motifs is 3. The minimum Gasteiger partial charge on any atom is -0.479 e. The van der Waals surface area contributed by atoms with Crippen LogP contribution in [-0.4, -0.2) is 46.7 Å². The predicted molar refractivity (Wildman–Crippen MR) is 74.5 cm³/mol. The highest BCUT2D eigenvalue weighted by Gasteiger charge is 2.21. The lowest BCUT2D eigenvalue weighted by molar-refractivity contribution is 0.284. The third-order valence-corrected chi connectivity index (χ3v) is 3.55. The van der Waals surface area contributed by atoms with Crippen molar-refractivity contribution in [3.63, 3.8) is 0 Å². The number of ether oxygens (including phenoxy) is 1. The first kappa shape index (κ1) is 12.4. The van der Waals surface area contributed by atoms with E-state index in [0.717, 1.165) is 56.0 Å². The number of likely N-dealkylation sites (N-methyl/N-ethyl adjacent to an activating group) is 1. The lowest BCUT2D eigenvalue weighted by Crippen LogP contribution is -2.19. The molecule has 0 N–H and O–H groups in total. The summed E-state index contributed by atoms with van der Waals surface area (Å²) in [4.78, 5) is 11.2. The van der Waals surface area contributed by atoms with Crippen LogP contribution in [0, 0.1) is 0 Å². The maximum atomic E-state index is 5.96. The maximum Gasteiger partial charge on any atom is 0.200 e. The summed E-state index contributed by atoms with van der Waals surface area (Å²) >= 11 is 0. The van der Waals surface area contributed by atoms with E-state index < -0.39 is 0 Å². The molecule has 0 fully saturated rings. The van der Waals surface area contributed by atoms with E-state index in [1.165, 1.54) is 5.56 Å². The van der Waals surface area contributed by atoms with Gasteiger partial charge < -0.3 is 9.64 Å². The van der Waals surface area contributed by atoms with E-state index in [0.29, 0.717) is 0 Å². The van der Waals surface area contributed by atoms with Crippen molar-refractivity contribution in [2.24, 2.45) is 0 Å². The predicted octanol–water partition coefficient (Wildman–Crippen LogP) is 1.71. The number of aryl methyl sites for hydroxylation is 1. The van der Waals surface area contributed by atoms with Gasteiger partial charge in [-0.25, -0.2) is 4.98 Å². The quantitative estimate of drug-likeness (QED) is 0.842. The van der Waals surface area contributed by atoms with E-state index >= 15 is 0 Å². The van der Waals surface area contributed by atoms with Crippen molar-refractivity contribution >= 4 is 11.2 Å². The van der Waals surface area contributed by atoms with Crippen LogP contribution >= 0.6 is 0 Å². The smallest absolute Gasteiger partial charge is 0.200 e. The molecule has 0 radical (unpaired) electrons. The van der Waals surface area contributed by atoms with Crippen molar-refractivity contribution in [2.45, 2.75) is 25.8 Å². The van der Waals surface area contributed by atoms with Crippen LogP contribution in [-0.2, 0) is 13.0 Å². The third kappa shape index (κ3) is 2.30. The van der Waals surface area contributed by atoms with Crippen molar-refractivity contribution in [3.8, 4) is 5.88 Å². The van der Waals surface area contributed by atoms with Crippen LogP contribution in [0.3, 0.4) is 0 Å². The molecule has 0 bridgehead atoms. The molecular weight excluding hydrogens is 240 g/mol. The zero-order valence-electron chi connectivity index (χ0n) is 11.6. The molecule has 102 valence electrons. The first-order chi connectivity index (χ1) is 9.27. The van der Waals surface area contributed by atoms with E-state index in [9.17, 15) is 0 Å². The highest BCUT2D eigenvalue weighted by Crippen LogP contribution is 2.32. The largest absolute Gasteiger partial charge is 0.479 e. The van der Waals surface area contributed by atoms with Crippen LogP contribution in [0.25, 0.3) is 11.2 Å². The Morgan fingerprint density at radius 1 is 1.26 bits per heavy atom. The first-order valence-corrected chi connectivity index (χ1v) is 6.87. The molecule has 0 saturated carbocycles. The van der Waals surface area contributed by atoms with E-state index in [2.05, 4.69) is 33.5 Å². The van der Waals surface area contributed by atoms with Gasteiger partial charge in [0.05, 0.1) is 6.61 Å². The van der Waals surface area contributed by atoms with Gasteiger partial charge in [-0.1, -0.05) is 0 Å². The number of nitrogens with zero attached hydrogens (tertiary/aromatic N) is 4. The lowest BCUT2D eigenvalue weighted by atomic mass is 10.1. The second kappa shape index (κ2) is 5.17. The molecule has 2 aromatic rings. The number of aromatic nitrogens is 3. The molecule has 0 unspecified atom stereocenters. The van der Waals surface area contributed by atoms with Gasteiger partial charge >= 0.3 is 0 Å². The van der Waals surface area contributed by atoms with Crippen molar-refractivity contribution < 1.29 is 4.74 Å². The summed E-state index contributed by atoms with van der Waals surface area (Å²) in [6.45, 7) is 2.65. The molecule has 3 heterocycles. The Bertz CT molecular complexity index is 576. The SMILES string of the molecule is CN(C)CCn1c2c(c3nccnc31)CCCCO2. The van der Waals surface area contributed by atoms with Crippen LogP contribution in [0.2, 0.25) is 0 Å². The normalized spacial score (nSPS) is 15.3. The number of hydrogen-bond donors (Lipinski definition) is 0. The fourth-order valence-electron chi connectivity index (χ4n) is 2.57. The van der Waals surface area contributed by atoms with Crippen molar-refractivity contribution in [2.75, 3.05) is 27.2 Å². The summed E-state index contributed by atoms with van der Waals surface area (Å²) in [6, 6.07) is 0. The average molecular weight is 260 g/mol. The van der Waals surface area contributed by atoms with Gasteiger partial charge in [-0.15, -0.1) is 0 Å². The van der Waals surface area contributed by atoms with Crippen LogP contribution in [0.5, 0.6) is 5.88 Å². The van der Waals surface area contributed by atoms with Gasteiger partial charge in [-0.05, 0) is 33.4 Å². The van der Waals surface area contributed by atoms with Gasteiger partial charge in [0.25, 0.3) is 0 Å². The monoisotopic (exact) mass is 260 g/mol. The molecule has 5 heteroatoms. The van der Waals surface area contributed by atoms with Gasteiger partial charge in [0.2, 0.25) is 5.88 Å². The zero-order chi connectivity index (χ0) is 13.2. The van der Waals surface area contributed by atoms with Gasteiger partial charge in [0.15, 0.2) is 5.65 Å². The summed E-state index contributed by atoms with van der Waals surface area (Å²) in [5, 5.41) is 0. The number of rotatable bonds is 3.